The van der Waals surface area contributed by atoms with Gasteiger partial charge in [0.15, 0.2) is 11.5 Å². The van der Waals surface area contributed by atoms with Gasteiger partial charge in [0.2, 0.25) is 0 Å². The summed E-state index contributed by atoms with van der Waals surface area (Å²) in [4.78, 5) is 19.1. The number of oxazole rings is 1. The lowest BCUT2D eigenvalue weighted by Crippen LogP contribution is -2.17. The first-order valence-corrected chi connectivity index (χ1v) is 8.23. The first kappa shape index (κ1) is 14.8. The molecule has 0 bridgehead atoms. The van der Waals surface area contributed by atoms with E-state index in [1.165, 1.54) is 18.5 Å². The normalized spacial score (nSPS) is 14.3. The molecule has 0 unspecified atom stereocenters. The van der Waals surface area contributed by atoms with Crippen LogP contribution in [0.5, 0.6) is 0 Å². The summed E-state index contributed by atoms with van der Waals surface area (Å²) in [5.74, 6) is 0.450. The monoisotopic (exact) mass is 321 g/mol. The number of aryl methyl sites for hydroxylation is 1. The molecule has 5 nitrogen and oxygen atoms in total. The quantitative estimate of drug-likeness (QED) is 0.792. The summed E-state index contributed by atoms with van der Waals surface area (Å²) < 4.78 is 5.44. The van der Waals surface area contributed by atoms with E-state index in [-0.39, 0.29) is 5.91 Å². The molecule has 122 valence electrons. The van der Waals surface area contributed by atoms with Crippen molar-refractivity contribution in [3.05, 3.63) is 53.9 Å². The van der Waals surface area contributed by atoms with E-state index in [2.05, 4.69) is 27.3 Å². The summed E-state index contributed by atoms with van der Waals surface area (Å²) in [6, 6.07) is 13.3. The van der Waals surface area contributed by atoms with Crippen molar-refractivity contribution in [2.75, 3.05) is 23.3 Å². The lowest BCUT2D eigenvalue weighted by atomic mass is 10.2. The standard InChI is InChI=1S/C19H19N3O2/c1-13-20-17-12-14(4-9-18(17)24-13)19(23)21-15-5-7-16(8-6-15)22-10-2-3-11-22/h4-9,12H,2-3,10-11H2,1H3,(H,21,23). The third-order valence-corrected chi connectivity index (χ3v) is 4.35. The van der Waals surface area contributed by atoms with E-state index in [0.29, 0.717) is 22.6 Å². The Bertz CT molecular complexity index is 877. The molecule has 0 aliphatic carbocycles. The summed E-state index contributed by atoms with van der Waals surface area (Å²) in [7, 11) is 0. The number of hydrogen-bond donors (Lipinski definition) is 1. The van der Waals surface area contributed by atoms with Crippen molar-refractivity contribution in [3.63, 3.8) is 0 Å². The topological polar surface area (TPSA) is 58.4 Å². The van der Waals surface area contributed by atoms with Gasteiger partial charge >= 0.3 is 0 Å². The summed E-state index contributed by atoms with van der Waals surface area (Å²) in [5, 5.41) is 2.93. The average Bonchev–Trinajstić information content (AvgIpc) is 3.23. The van der Waals surface area contributed by atoms with Crippen molar-refractivity contribution >= 4 is 28.4 Å². The van der Waals surface area contributed by atoms with Crippen molar-refractivity contribution in [1.82, 2.24) is 4.98 Å². The summed E-state index contributed by atoms with van der Waals surface area (Å²) in [5.41, 5.74) is 3.97. The molecule has 1 N–H and O–H groups in total. The average molecular weight is 321 g/mol. The molecule has 2 aromatic carbocycles. The first-order chi connectivity index (χ1) is 11.7. The van der Waals surface area contributed by atoms with Gasteiger partial charge in [0, 0.05) is 37.0 Å². The SMILES string of the molecule is Cc1nc2cc(C(=O)Nc3ccc(N4CCCC4)cc3)ccc2o1. The van der Waals surface area contributed by atoms with Crippen LogP contribution >= 0.6 is 0 Å². The Labute approximate surface area is 140 Å². The van der Waals surface area contributed by atoms with Crippen LogP contribution in [-0.4, -0.2) is 24.0 Å². The van der Waals surface area contributed by atoms with Crippen molar-refractivity contribution in [3.8, 4) is 0 Å². The molecule has 1 aliphatic heterocycles. The van der Waals surface area contributed by atoms with E-state index in [4.69, 9.17) is 4.42 Å². The number of carbonyl (C=O) groups excluding carboxylic acids is 1. The second kappa shape index (κ2) is 6.00. The zero-order valence-electron chi connectivity index (χ0n) is 13.6. The maximum Gasteiger partial charge on any atom is 0.255 e. The molecule has 1 amide bonds. The van der Waals surface area contributed by atoms with Crippen LogP contribution in [0.1, 0.15) is 29.1 Å². The highest BCUT2D eigenvalue weighted by molar-refractivity contribution is 6.05. The Morgan fingerprint density at radius 2 is 1.88 bits per heavy atom. The zero-order valence-corrected chi connectivity index (χ0v) is 13.6. The molecule has 1 fully saturated rings. The smallest absolute Gasteiger partial charge is 0.255 e. The fourth-order valence-corrected chi connectivity index (χ4v) is 3.12. The van der Waals surface area contributed by atoms with Crippen LogP contribution in [0.15, 0.2) is 46.9 Å². The maximum absolute atomic E-state index is 12.4. The summed E-state index contributed by atoms with van der Waals surface area (Å²) >= 11 is 0. The molecule has 1 aliphatic rings. The third-order valence-electron chi connectivity index (χ3n) is 4.35. The minimum Gasteiger partial charge on any atom is -0.441 e. The Morgan fingerprint density at radius 3 is 2.62 bits per heavy atom. The van der Waals surface area contributed by atoms with Crippen molar-refractivity contribution in [1.29, 1.82) is 0 Å². The van der Waals surface area contributed by atoms with Gasteiger partial charge in [-0.2, -0.15) is 0 Å². The molecular formula is C19H19N3O2. The zero-order chi connectivity index (χ0) is 16.5. The molecule has 5 heteroatoms. The third kappa shape index (κ3) is 2.85. The Kier molecular flexibility index (Phi) is 3.69. The highest BCUT2D eigenvalue weighted by Gasteiger charge is 2.13. The minimum atomic E-state index is -0.147. The largest absolute Gasteiger partial charge is 0.441 e. The van der Waals surface area contributed by atoms with Gasteiger partial charge in [0.1, 0.15) is 5.52 Å². The second-order valence-corrected chi connectivity index (χ2v) is 6.11. The molecule has 2 heterocycles. The predicted molar refractivity (Wildman–Crippen MR) is 94.6 cm³/mol. The van der Waals surface area contributed by atoms with Gasteiger partial charge in [-0.15, -0.1) is 0 Å². The molecule has 0 saturated carbocycles. The minimum absolute atomic E-state index is 0.147. The van der Waals surface area contributed by atoms with Crippen LogP contribution < -0.4 is 10.2 Å². The van der Waals surface area contributed by atoms with Crippen LogP contribution in [-0.2, 0) is 0 Å². The van der Waals surface area contributed by atoms with Crippen LogP contribution in [0.2, 0.25) is 0 Å². The number of hydrogen-bond acceptors (Lipinski definition) is 4. The number of carbonyl (C=O) groups is 1. The van der Waals surface area contributed by atoms with Gasteiger partial charge in [0.25, 0.3) is 5.91 Å². The van der Waals surface area contributed by atoms with Crippen molar-refractivity contribution in [2.45, 2.75) is 19.8 Å². The van der Waals surface area contributed by atoms with E-state index in [1.54, 1.807) is 25.1 Å². The lowest BCUT2D eigenvalue weighted by molar-refractivity contribution is 0.102. The Morgan fingerprint density at radius 1 is 1.12 bits per heavy atom. The number of amides is 1. The number of anilines is 2. The molecular weight excluding hydrogens is 302 g/mol. The van der Waals surface area contributed by atoms with Crippen LogP contribution in [0.4, 0.5) is 11.4 Å². The molecule has 1 aromatic heterocycles. The number of nitrogens with zero attached hydrogens (tertiary/aromatic N) is 2. The van der Waals surface area contributed by atoms with Gasteiger partial charge in [-0.05, 0) is 55.3 Å². The van der Waals surface area contributed by atoms with Crippen molar-refractivity contribution < 1.29 is 9.21 Å². The van der Waals surface area contributed by atoms with E-state index in [0.717, 1.165) is 18.8 Å². The van der Waals surface area contributed by atoms with Gasteiger partial charge in [0.05, 0.1) is 0 Å². The molecule has 24 heavy (non-hydrogen) atoms. The first-order valence-electron chi connectivity index (χ1n) is 8.23. The highest BCUT2D eigenvalue weighted by Crippen LogP contribution is 2.23. The Hall–Kier alpha value is -2.82. The van der Waals surface area contributed by atoms with Gasteiger partial charge in [-0.1, -0.05) is 0 Å². The maximum atomic E-state index is 12.4. The molecule has 0 spiro atoms. The molecule has 1 saturated heterocycles. The number of aromatic nitrogens is 1. The molecule has 3 aromatic rings. The van der Waals surface area contributed by atoms with Crippen LogP contribution in [0, 0.1) is 6.92 Å². The summed E-state index contributed by atoms with van der Waals surface area (Å²) in [6.45, 7) is 4.02. The molecule has 4 rings (SSSR count). The number of benzene rings is 2. The predicted octanol–water partition coefficient (Wildman–Crippen LogP) is 3.99. The van der Waals surface area contributed by atoms with Crippen LogP contribution in [0.3, 0.4) is 0 Å². The van der Waals surface area contributed by atoms with E-state index in [1.807, 2.05) is 12.1 Å². The van der Waals surface area contributed by atoms with E-state index < -0.39 is 0 Å². The summed E-state index contributed by atoms with van der Waals surface area (Å²) in [6.07, 6.45) is 2.50. The highest BCUT2D eigenvalue weighted by atomic mass is 16.3. The number of nitrogens with one attached hydrogen (secondary N) is 1. The lowest BCUT2D eigenvalue weighted by Gasteiger charge is -2.17. The Balaban J connectivity index is 1.49. The van der Waals surface area contributed by atoms with Crippen LogP contribution in [0.25, 0.3) is 11.1 Å². The van der Waals surface area contributed by atoms with E-state index >= 15 is 0 Å². The van der Waals surface area contributed by atoms with Gasteiger partial charge < -0.3 is 14.6 Å². The number of fused-ring (bicyclic) bond motifs is 1. The fraction of sp³-hybridized carbons (Fsp3) is 0.263. The fourth-order valence-electron chi connectivity index (χ4n) is 3.12. The molecule has 0 radical (unpaired) electrons. The second-order valence-electron chi connectivity index (χ2n) is 6.11. The molecule has 0 atom stereocenters. The van der Waals surface area contributed by atoms with E-state index in [9.17, 15) is 4.79 Å². The van der Waals surface area contributed by atoms with Crippen molar-refractivity contribution in [2.24, 2.45) is 0 Å². The van der Waals surface area contributed by atoms with Gasteiger partial charge in [-0.25, -0.2) is 4.98 Å². The van der Waals surface area contributed by atoms with Gasteiger partial charge in [-0.3, -0.25) is 4.79 Å². The number of rotatable bonds is 3.